The molecule has 0 saturated heterocycles. The first-order valence-corrected chi connectivity index (χ1v) is 12.9. The van der Waals surface area contributed by atoms with Crippen molar-refractivity contribution in [3.05, 3.63) is 82.9 Å². The summed E-state index contributed by atoms with van der Waals surface area (Å²) < 4.78 is 39.0. The van der Waals surface area contributed by atoms with Crippen molar-refractivity contribution in [3.8, 4) is 11.5 Å². The largest absolute Gasteiger partial charge is 0.493 e. The van der Waals surface area contributed by atoms with Gasteiger partial charge < -0.3 is 14.8 Å². The van der Waals surface area contributed by atoms with Gasteiger partial charge in [0.2, 0.25) is 5.91 Å². The number of aryl methyl sites for hydroxylation is 1. The molecule has 3 aromatic rings. The Labute approximate surface area is 211 Å². The van der Waals surface area contributed by atoms with E-state index in [0.29, 0.717) is 22.9 Å². The van der Waals surface area contributed by atoms with E-state index in [-0.39, 0.29) is 16.7 Å². The molecule has 0 aliphatic carbocycles. The Morgan fingerprint density at radius 1 is 0.971 bits per heavy atom. The summed E-state index contributed by atoms with van der Waals surface area (Å²) in [5.41, 5.74) is 2.37. The molecule has 0 aliphatic rings. The van der Waals surface area contributed by atoms with E-state index < -0.39 is 22.5 Å². The number of carbonyl (C=O) groups is 1. The third-order valence-electron chi connectivity index (χ3n) is 5.57. The molecule has 35 heavy (non-hydrogen) atoms. The van der Waals surface area contributed by atoms with E-state index in [9.17, 15) is 13.2 Å². The Bertz CT molecular complexity index is 1260. The number of methoxy groups -OCH3 is 2. The molecule has 0 fully saturated rings. The Morgan fingerprint density at radius 2 is 1.60 bits per heavy atom. The van der Waals surface area contributed by atoms with Crippen molar-refractivity contribution in [2.75, 3.05) is 25.1 Å². The molecule has 1 amide bonds. The van der Waals surface area contributed by atoms with Gasteiger partial charge in [-0.1, -0.05) is 48.4 Å². The first kappa shape index (κ1) is 26.4. The van der Waals surface area contributed by atoms with Crippen LogP contribution in [0.15, 0.2) is 71.6 Å². The van der Waals surface area contributed by atoms with Crippen LogP contribution in [-0.4, -0.2) is 35.1 Å². The molecule has 1 N–H and O–H groups in total. The van der Waals surface area contributed by atoms with Gasteiger partial charge in [0.15, 0.2) is 11.5 Å². The number of halogens is 1. The Hall–Kier alpha value is -3.23. The second-order valence-corrected chi connectivity index (χ2v) is 10.2. The van der Waals surface area contributed by atoms with Gasteiger partial charge in [0, 0.05) is 11.1 Å². The van der Waals surface area contributed by atoms with Crippen LogP contribution in [0.2, 0.25) is 5.02 Å². The lowest BCUT2D eigenvalue weighted by Gasteiger charge is -2.26. The molecule has 0 bridgehead atoms. The second-order valence-electron chi connectivity index (χ2n) is 7.94. The zero-order chi connectivity index (χ0) is 25.6. The van der Waals surface area contributed by atoms with E-state index >= 15 is 0 Å². The Kier molecular flexibility index (Phi) is 8.64. The highest BCUT2D eigenvalue weighted by atomic mass is 35.5. The molecule has 0 radical (unpaired) electrons. The zero-order valence-corrected chi connectivity index (χ0v) is 21.7. The van der Waals surface area contributed by atoms with Crippen molar-refractivity contribution in [3.63, 3.8) is 0 Å². The average molecular weight is 517 g/mol. The number of carbonyl (C=O) groups excluding carboxylic acids is 1. The standard InChI is InChI=1S/C26H29ClN2O5S/c1-5-23(19-8-6-18(2)7-9-19)28-26(30)17-29(21-12-10-20(27)11-13-21)35(31,32)22-14-15-24(33-3)25(16-22)34-4/h6-16,23H,5,17H2,1-4H3,(H,28,30)/t23-/m1/s1. The minimum Gasteiger partial charge on any atom is -0.493 e. The summed E-state index contributed by atoms with van der Waals surface area (Å²) in [6.45, 7) is 3.54. The molecular formula is C26H29ClN2O5S. The second kappa shape index (κ2) is 11.5. The molecule has 0 aliphatic heterocycles. The molecule has 3 rings (SSSR count). The van der Waals surface area contributed by atoms with E-state index in [1.54, 1.807) is 24.3 Å². The highest BCUT2D eigenvalue weighted by molar-refractivity contribution is 7.92. The molecule has 1 atom stereocenters. The fourth-order valence-electron chi connectivity index (χ4n) is 3.62. The maximum absolute atomic E-state index is 13.7. The van der Waals surface area contributed by atoms with Crippen LogP contribution in [0.4, 0.5) is 5.69 Å². The SMILES string of the molecule is CC[C@@H](NC(=O)CN(c1ccc(Cl)cc1)S(=O)(=O)c1ccc(OC)c(OC)c1)c1ccc(C)cc1. The van der Waals surface area contributed by atoms with Gasteiger partial charge >= 0.3 is 0 Å². The molecule has 0 heterocycles. The third-order valence-corrected chi connectivity index (χ3v) is 7.59. The van der Waals surface area contributed by atoms with Crippen molar-refractivity contribution in [1.82, 2.24) is 5.32 Å². The lowest BCUT2D eigenvalue weighted by atomic mass is 10.0. The van der Waals surface area contributed by atoms with Gasteiger partial charge in [0.05, 0.1) is 30.8 Å². The van der Waals surface area contributed by atoms with E-state index in [1.807, 2.05) is 38.1 Å². The van der Waals surface area contributed by atoms with Crippen LogP contribution in [0.1, 0.15) is 30.5 Å². The van der Waals surface area contributed by atoms with E-state index in [2.05, 4.69) is 5.32 Å². The molecule has 186 valence electrons. The highest BCUT2D eigenvalue weighted by Crippen LogP contribution is 2.32. The van der Waals surface area contributed by atoms with Crippen molar-refractivity contribution >= 4 is 33.2 Å². The monoisotopic (exact) mass is 516 g/mol. The number of rotatable bonds is 10. The summed E-state index contributed by atoms with van der Waals surface area (Å²) in [7, 11) is -1.25. The minimum atomic E-state index is -4.14. The summed E-state index contributed by atoms with van der Waals surface area (Å²) >= 11 is 6.02. The summed E-state index contributed by atoms with van der Waals surface area (Å²) in [4.78, 5) is 13.1. The van der Waals surface area contributed by atoms with Gasteiger partial charge in [-0.3, -0.25) is 9.10 Å². The Balaban J connectivity index is 1.95. The van der Waals surface area contributed by atoms with Gasteiger partial charge in [-0.2, -0.15) is 0 Å². The summed E-state index contributed by atoms with van der Waals surface area (Å²) in [6, 6.07) is 18.2. The molecule has 3 aromatic carbocycles. The van der Waals surface area contributed by atoms with Crippen LogP contribution in [-0.2, 0) is 14.8 Å². The van der Waals surface area contributed by atoms with Gasteiger partial charge in [-0.15, -0.1) is 0 Å². The molecule has 0 unspecified atom stereocenters. The van der Waals surface area contributed by atoms with Crippen LogP contribution in [0, 0.1) is 6.92 Å². The summed E-state index contributed by atoms with van der Waals surface area (Å²) in [5.74, 6) is 0.224. The van der Waals surface area contributed by atoms with Crippen LogP contribution in [0.5, 0.6) is 11.5 Å². The maximum Gasteiger partial charge on any atom is 0.264 e. The number of ether oxygens (including phenoxy) is 2. The predicted octanol–water partition coefficient (Wildman–Crippen LogP) is 5.13. The lowest BCUT2D eigenvalue weighted by molar-refractivity contribution is -0.120. The van der Waals surface area contributed by atoms with Crippen molar-refractivity contribution in [2.45, 2.75) is 31.2 Å². The van der Waals surface area contributed by atoms with Gasteiger partial charge in [-0.05, 0) is 55.3 Å². The van der Waals surface area contributed by atoms with Crippen LogP contribution in [0.3, 0.4) is 0 Å². The molecule has 0 saturated carbocycles. The smallest absolute Gasteiger partial charge is 0.264 e. The fraction of sp³-hybridized carbons (Fsp3) is 0.269. The fourth-order valence-corrected chi connectivity index (χ4v) is 5.18. The van der Waals surface area contributed by atoms with Crippen LogP contribution in [0.25, 0.3) is 0 Å². The normalized spacial score (nSPS) is 12.0. The number of hydrogen-bond acceptors (Lipinski definition) is 5. The van der Waals surface area contributed by atoms with Crippen molar-refractivity contribution in [2.24, 2.45) is 0 Å². The first-order chi connectivity index (χ1) is 16.7. The number of anilines is 1. The van der Waals surface area contributed by atoms with E-state index in [0.717, 1.165) is 15.4 Å². The zero-order valence-electron chi connectivity index (χ0n) is 20.1. The van der Waals surface area contributed by atoms with Crippen molar-refractivity contribution < 1.29 is 22.7 Å². The number of amides is 1. The molecular weight excluding hydrogens is 488 g/mol. The quantitative estimate of drug-likeness (QED) is 0.404. The topological polar surface area (TPSA) is 84.9 Å². The minimum absolute atomic E-state index is 0.0384. The lowest BCUT2D eigenvalue weighted by Crippen LogP contribution is -2.42. The van der Waals surface area contributed by atoms with E-state index in [1.165, 1.54) is 32.4 Å². The number of benzene rings is 3. The number of sulfonamides is 1. The number of nitrogens with zero attached hydrogens (tertiary/aromatic N) is 1. The van der Waals surface area contributed by atoms with Gasteiger partial charge in [-0.25, -0.2) is 8.42 Å². The van der Waals surface area contributed by atoms with Crippen LogP contribution < -0.4 is 19.1 Å². The highest BCUT2D eigenvalue weighted by Gasteiger charge is 2.29. The van der Waals surface area contributed by atoms with E-state index in [4.69, 9.17) is 21.1 Å². The first-order valence-electron chi connectivity index (χ1n) is 11.1. The number of hydrogen-bond donors (Lipinski definition) is 1. The maximum atomic E-state index is 13.7. The Morgan fingerprint density at radius 3 is 2.17 bits per heavy atom. The summed E-state index contributed by atoms with van der Waals surface area (Å²) in [6.07, 6.45) is 0.651. The van der Waals surface area contributed by atoms with Gasteiger partial charge in [0.25, 0.3) is 10.0 Å². The molecule has 7 nitrogen and oxygen atoms in total. The number of nitrogens with one attached hydrogen (secondary N) is 1. The van der Waals surface area contributed by atoms with Crippen molar-refractivity contribution in [1.29, 1.82) is 0 Å². The summed E-state index contributed by atoms with van der Waals surface area (Å²) in [5, 5.41) is 3.41. The van der Waals surface area contributed by atoms with Gasteiger partial charge in [0.1, 0.15) is 6.54 Å². The molecule has 9 heteroatoms. The predicted molar refractivity (Wildman–Crippen MR) is 138 cm³/mol. The molecule has 0 aromatic heterocycles. The third kappa shape index (κ3) is 6.26. The molecule has 0 spiro atoms. The average Bonchev–Trinajstić information content (AvgIpc) is 2.86. The van der Waals surface area contributed by atoms with Crippen LogP contribution >= 0.6 is 11.6 Å².